The monoisotopic (exact) mass is 583 g/mol. The van der Waals surface area contributed by atoms with Gasteiger partial charge in [-0.3, -0.25) is 4.79 Å². The lowest BCUT2D eigenvalue weighted by atomic mass is 9.93. The quantitative estimate of drug-likeness (QED) is 0.167. The number of hydrogen-bond acceptors (Lipinski definition) is 6. The zero-order chi connectivity index (χ0) is 30.3. The van der Waals surface area contributed by atoms with Crippen molar-refractivity contribution in [3.05, 3.63) is 64.7 Å². The van der Waals surface area contributed by atoms with Gasteiger partial charge in [-0.05, 0) is 113 Å². The zero-order valence-electron chi connectivity index (χ0n) is 26.3. The molecule has 1 aliphatic heterocycles. The highest BCUT2D eigenvalue weighted by Gasteiger charge is 2.39. The Kier molecular flexibility index (Phi) is 11.6. The standard InChI is InChI=1S/C33H53N3O4Si/c1-32(2,3)41(6,7)40-30(26-14-15-29(38)28(21-26)24-37)23-35-33(4,5)22-25-12-10-13-27(20-25)31(39)34-16-11-19-36-17-8-9-18-36/h10,12-15,20-21,30,35,37-38H,8-9,11,16-19,22-24H2,1-7H3,(H,34,39)/t30-/m1/s1. The van der Waals surface area contributed by atoms with Crippen molar-refractivity contribution in [3.8, 4) is 5.75 Å². The molecule has 1 saturated heterocycles. The molecular formula is C33H53N3O4Si. The van der Waals surface area contributed by atoms with Crippen LogP contribution in [0.3, 0.4) is 0 Å². The van der Waals surface area contributed by atoms with E-state index in [-0.39, 0.29) is 34.9 Å². The molecular weight excluding hydrogens is 530 g/mol. The van der Waals surface area contributed by atoms with E-state index in [0.717, 1.165) is 30.5 Å². The summed E-state index contributed by atoms with van der Waals surface area (Å²) in [6.45, 7) is 19.9. The van der Waals surface area contributed by atoms with E-state index in [0.29, 0.717) is 24.2 Å². The number of benzene rings is 2. The first-order valence-electron chi connectivity index (χ1n) is 15.2. The van der Waals surface area contributed by atoms with Crippen LogP contribution in [-0.4, -0.2) is 67.6 Å². The number of aliphatic hydroxyl groups excluding tert-OH is 1. The SMILES string of the molecule is CC(C)(Cc1cccc(C(=O)NCCCN2CCCC2)c1)NC[C@@H](O[Si](C)(C)C(C)(C)C)c1ccc(O)c(CO)c1. The Morgan fingerprint density at radius 2 is 1.78 bits per heavy atom. The van der Waals surface area contributed by atoms with Gasteiger partial charge in [-0.1, -0.05) is 39.0 Å². The van der Waals surface area contributed by atoms with Crippen LogP contribution in [0.25, 0.3) is 0 Å². The fraction of sp³-hybridized carbons (Fsp3) is 0.606. The summed E-state index contributed by atoms with van der Waals surface area (Å²) >= 11 is 0. The third-order valence-corrected chi connectivity index (χ3v) is 13.1. The van der Waals surface area contributed by atoms with Crippen molar-refractivity contribution in [2.75, 3.05) is 32.7 Å². The van der Waals surface area contributed by atoms with Gasteiger partial charge in [0.05, 0.1) is 12.7 Å². The first-order chi connectivity index (χ1) is 19.2. The highest BCUT2D eigenvalue weighted by Crippen LogP contribution is 2.40. The fourth-order valence-corrected chi connectivity index (χ4v) is 6.35. The first kappa shape index (κ1) is 33.3. The molecule has 0 bridgehead atoms. The van der Waals surface area contributed by atoms with Gasteiger partial charge in [-0.2, -0.15) is 0 Å². The largest absolute Gasteiger partial charge is 0.508 e. The van der Waals surface area contributed by atoms with Gasteiger partial charge in [0.25, 0.3) is 5.91 Å². The molecule has 0 radical (unpaired) electrons. The smallest absolute Gasteiger partial charge is 0.251 e. The lowest BCUT2D eigenvalue weighted by Gasteiger charge is -2.40. The third kappa shape index (κ3) is 9.93. The molecule has 228 valence electrons. The van der Waals surface area contributed by atoms with Crippen LogP contribution < -0.4 is 10.6 Å². The van der Waals surface area contributed by atoms with Crippen molar-refractivity contribution >= 4 is 14.2 Å². The Morgan fingerprint density at radius 1 is 1.07 bits per heavy atom. The summed E-state index contributed by atoms with van der Waals surface area (Å²) in [5, 5.41) is 26.7. The highest BCUT2D eigenvalue weighted by molar-refractivity contribution is 6.74. The summed E-state index contributed by atoms with van der Waals surface area (Å²) in [5.74, 6) is 0.0695. The molecule has 0 spiro atoms. The predicted molar refractivity (Wildman–Crippen MR) is 170 cm³/mol. The number of hydrogen-bond donors (Lipinski definition) is 4. The Morgan fingerprint density at radius 3 is 2.44 bits per heavy atom. The van der Waals surface area contributed by atoms with Gasteiger partial charge in [0, 0.05) is 29.8 Å². The highest BCUT2D eigenvalue weighted by atomic mass is 28.4. The van der Waals surface area contributed by atoms with E-state index in [2.05, 4.69) is 69.3 Å². The summed E-state index contributed by atoms with van der Waals surface area (Å²) < 4.78 is 6.86. The van der Waals surface area contributed by atoms with Crippen LogP contribution in [0.4, 0.5) is 0 Å². The minimum absolute atomic E-state index is 0.0195. The number of likely N-dealkylation sites (tertiary alicyclic amines) is 1. The van der Waals surface area contributed by atoms with E-state index in [9.17, 15) is 15.0 Å². The number of amides is 1. The molecule has 41 heavy (non-hydrogen) atoms. The number of rotatable bonds is 14. The molecule has 0 aromatic heterocycles. The topological polar surface area (TPSA) is 94.1 Å². The maximum atomic E-state index is 12.8. The van der Waals surface area contributed by atoms with Gasteiger partial charge >= 0.3 is 0 Å². The maximum absolute atomic E-state index is 12.8. The second-order valence-electron chi connectivity index (χ2n) is 13.7. The molecule has 4 N–H and O–H groups in total. The lowest BCUT2D eigenvalue weighted by Crippen LogP contribution is -2.47. The number of phenols is 1. The number of aromatic hydroxyl groups is 1. The maximum Gasteiger partial charge on any atom is 0.251 e. The summed E-state index contributed by atoms with van der Waals surface area (Å²) in [5.41, 5.74) is 2.96. The van der Waals surface area contributed by atoms with E-state index in [1.54, 1.807) is 6.07 Å². The van der Waals surface area contributed by atoms with Gasteiger partial charge in [-0.25, -0.2) is 0 Å². The van der Waals surface area contributed by atoms with Gasteiger partial charge in [0.2, 0.25) is 0 Å². The third-order valence-electron chi connectivity index (χ3n) is 8.63. The van der Waals surface area contributed by atoms with Crippen molar-refractivity contribution in [1.82, 2.24) is 15.5 Å². The Bertz CT molecular complexity index is 1140. The fourth-order valence-electron chi connectivity index (χ4n) is 5.07. The molecule has 1 atom stereocenters. The number of nitrogens with one attached hydrogen (secondary N) is 2. The molecule has 1 fully saturated rings. The Labute approximate surface area is 248 Å². The van der Waals surface area contributed by atoms with E-state index < -0.39 is 8.32 Å². The molecule has 1 aliphatic rings. The van der Waals surface area contributed by atoms with Crippen molar-refractivity contribution in [2.24, 2.45) is 0 Å². The normalized spacial score (nSPS) is 15.7. The minimum atomic E-state index is -2.12. The zero-order valence-corrected chi connectivity index (χ0v) is 27.3. The van der Waals surface area contributed by atoms with Crippen molar-refractivity contribution in [3.63, 3.8) is 0 Å². The molecule has 0 saturated carbocycles. The molecule has 1 amide bonds. The number of aliphatic hydroxyl groups is 1. The number of nitrogens with zero attached hydrogens (tertiary/aromatic N) is 1. The molecule has 8 heteroatoms. The Balaban J connectivity index is 1.64. The van der Waals surface area contributed by atoms with Crippen LogP contribution >= 0.6 is 0 Å². The van der Waals surface area contributed by atoms with Gasteiger partial charge in [-0.15, -0.1) is 0 Å². The van der Waals surface area contributed by atoms with E-state index >= 15 is 0 Å². The molecule has 0 aliphatic carbocycles. The second kappa shape index (κ2) is 14.3. The van der Waals surface area contributed by atoms with Crippen LogP contribution in [0.5, 0.6) is 5.75 Å². The summed E-state index contributed by atoms with van der Waals surface area (Å²) in [6.07, 6.45) is 4.06. The summed E-state index contributed by atoms with van der Waals surface area (Å²) in [7, 11) is -2.12. The number of carbonyl (C=O) groups excluding carboxylic acids is 1. The second-order valence-corrected chi connectivity index (χ2v) is 18.5. The van der Waals surface area contributed by atoms with Crippen LogP contribution in [0, 0.1) is 0 Å². The van der Waals surface area contributed by atoms with E-state index in [1.807, 2.05) is 30.3 Å². The van der Waals surface area contributed by atoms with Crippen LogP contribution in [0.15, 0.2) is 42.5 Å². The molecule has 2 aromatic rings. The molecule has 2 aromatic carbocycles. The van der Waals surface area contributed by atoms with Crippen molar-refractivity contribution in [1.29, 1.82) is 0 Å². The number of carbonyl (C=O) groups is 1. The molecule has 0 unspecified atom stereocenters. The average Bonchev–Trinajstić information content (AvgIpc) is 3.42. The van der Waals surface area contributed by atoms with Crippen molar-refractivity contribution < 1.29 is 19.4 Å². The molecule has 1 heterocycles. The van der Waals surface area contributed by atoms with Gasteiger partial charge in [0.1, 0.15) is 5.75 Å². The first-order valence-corrected chi connectivity index (χ1v) is 18.1. The van der Waals surface area contributed by atoms with Crippen LogP contribution in [-0.2, 0) is 17.5 Å². The van der Waals surface area contributed by atoms with Crippen LogP contribution in [0.2, 0.25) is 18.1 Å². The summed E-state index contributed by atoms with van der Waals surface area (Å²) in [6, 6.07) is 13.3. The van der Waals surface area contributed by atoms with E-state index in [4.69, 9.17) is 4.43 Å². The van der Waals surface area contributed by atoms with Crippen molar-refractivity contribution in [2.45, 2.75) is 96.7 Å². The molecule has 7 nitrogen and oxygen atoms in total. The molecule has 3 rings (SSSR count). The van der Waals surface area contributed by atoms with Crippen LogP contribution in [0.1, 0.15) is 87.0 Å². The summed E-state index contributed by atoms with van der Waals surface area (Å²) in [4.78, 5) is 15.3. The Hall–Kier alpha value is -2.23. The van der Waals surface area contributed by atoms with Gasteiger partial charge in [0.15, 0.2) is 8.32 Å². The average molecular weight is 584 g/mol. The minimum Gasteiger partial charge on any atom is -0.508 e. The lowest BCUT2D eigenvalue weighted by molar-refractivity contribution is 0.0952. The van der Waals surface area contributed by atoms with Gasteiger partial charge < -0.3 is 30.2 Å². The van der Waals surface area contributed by atoms with E-state index in [1.165, 1.54) is 25.9 Å². The predicted octanol–water partition coefficient (Wildman–Crippen LogP) is 5.77.